The first-order valence-corrected chi connectivity index (χ1v) is 13.2. The molecule has 0 aliphatic carbocycles. The van der Waals surface area contributed by atoms with Gasteiger partial charge in [0.05, 0.1) is 6.54 Å². The van der Waals surface area contributed by atoms with Crippen molar-refractivity contribution in [2.24, 2.45) is 14.1 Å². The molecule has 0 bridgehead atoms. The van der Waals surface area contributed by atoms with Crippen LogP contribution in [0.1, 0.15) is 16.7 Å². The van der Waals surface area contributed by atoms with Crippen molar-refractivity contribution < 1.29 is 0 Å². The molecule has 4 aromatic rings. The van der Waals surface area contributed by atoms with Gasteiger partial charge in [0.2, 0.25) is 5.95 Å². The van der Waals surface area contributed by atoms with E-state index in [1.807, 2.05) is 28.8 Å². The second kappa shape index (κ2) is 10.3. The Morgan fingerprint density at radius 1 is 1.03 bits per heavy atom. The molecule has 1 N–H and O–H groups in total. The number of hydrogen-bond acceptors (Lipinski definition) is 5. The van der Waals surface area contributed by atoms with Crippen molar-refractivity contribution in [2.45, 2.75) is 20.4 Å². The largest absolute Gasteiger partial charge is 0.345 e. The van der Waals surface area contributed by atoms with Crippen LogP contribution in [0.5, 0.6) is 0 Å². The highest BCUT2D eigenvalue weighted by Crippen LogP contribution is 2.25. The molecule has 1 fully saturated rings. The summed E-state index contributed by atoms with van der Waals surface area (Å²) in [6, 6.07) is 13.8. The maximum absolute atomic E-state index is 13.3. The van der Waals surface area contributed by atoms with E-state index in [9.17, 15) is 9.59 Å². The van der Waals surface area contributed by atoms with Crippen molar-refractivity contribution in [1.82, 2.24) is 23.6 Å². The van der Waals surface area contributed by atoms with E-state index in [1.165, 1.54) is 17.2 Å². The zero-order chi connectivity index (χ0) is 27.1. The van der Waals surface area contributed by atoms with Gasteiger partial charge in [-0.1, -0.05) is 47.5 Å². The van der Waals surface area contributed by atoms with E-state index in [-0.39, 0.29) is 5.56 Å². The number of halogens is 1. The average molecular weight is 552 g/mol. The minimum atomic E-state index is -0.413. The van der Waals surface area contributed by atoms with E-state index < -0.39 is 5.69 Å². The summed E-state index contributed by atoms with van der Waals surface area (Å²) < 4.78 is 4.41. The second-order valence-electron chi connectivity index (χ2n) is 9.69. The third kappa shape index (κ3) is 4.69. The van der Waals surface area contributed by atoms with Crippen molar-refractivity contribution in [1.29, 1.82) is 0 Å². The fraction of sp³-hybridized carbons (Fsp3) is 0.333. The summed E-state index contributed by atoms with van der Waals surface area (Å²) in [7, 11) is 3.12. The highest BCUT2D eigenvalue weighted by molar-refractivity contribution is 7.80. The number of fused-ring (bicyclic) bond motifs is 1. The molecular weight excluding hydrogens is 522 g/mol. The molecule has 0 atom stereocenters. The molecular formula is C27H30ClN7O2S. The molecule has 1 saturated heterocycles. The lowest BCUT2D eigenvalue weighted by Gasteiger charge is -2.37. The van der Waals surface area contributed by atoms with Gasteiger partial charge in [0.25, 0.3) is 5.56 Å². The molecule has 9 nitrogen and oxygen atoms in total. The highest BCUT2D eigenvalue weighted by Gasteiger charge is 2.27. The standard InChI is InChI=1S/C27H30ClN7O2S/c1-17-9-10-21(18(2)15-17)29-26(38)34-13-11-33(12-14-34)25-30-23-22(24(36)32(4)27(37)31(23)3)35(25)16-19-7-5-6-8-20(19)28/h5-10,15H,11-14,16H2,1-4H3,(H,29,38). The summed E-state index contributed by atoms with van der Waals surface area (Å²) >= 11 is 12.2. The predicted octanol–water partition coefficient (Wildman–Crippen LogP) is 3.27. The number of aromatic nitrogens is 4. The first kappa shape index (κ1) is 26.0. The molecule has 2 aromatic carbocycles. The lowest BCUT2D eigenvalue weighted by Crippen LogP contribution is -2.50. The van der Waals surface area contributed by atoms with Crippen molar-refractivity contribution in [2.75, 3.05) is 36.4 Å². The SMILES string of the molecule is Cc1ccc(NC(=S)N2CCN(c3nc4c(c(=O)n(C)c(=O)n4C)n3Cc3ccccc3Cl)CC2)c(C)c1. The molecule has 5 rings (SSSR count). The Balaban J connectivity index is 1.45. The normalized spacial score (nSPS) is 13.8. The maximum Gasteiger partial charge on any atom is 0.332 e. The quantitative estimate of drug-likeness (QED) is 0.390. The second-order valence-corrected chi connectivity index (χ2v) is 10.5. The molecule has 1 aliphatic rings. The van der Waals surface area contributed by atoms with Crippen LogP contribution in [0.3, 0.4) is 0 Å². The number of anilines is 2. The van der Waals surface area contributed by atoms with Crippen LogP contribution in [0.25, 0.3) is 11.2 Å². The minimum absolute atomic E-state index is 0.353. The van der Waals surface area contributed by atoms with E-state index in [4.69, 9.17) is 28.8 Å². The first-order valence-electron chi connectivity index (χ1n) is 12.4. The molecule has 38 heavy (non-hydrogen) atoms. The number of nitrogens with zero attached hydrogens (tertiary/aromatic N) is 6. The maximum atomic E-state index is 13.3. The molecule has 0 amide bonds. The molecule has 0 saturated carbocycles. The topological polar surface area (TPSA) is 80.3 Å². The van der Waals surface area contributed by atoms with Gasteiger partial charge in [-0.25, -0.2) is 4.79 Å². The van der Waals surface area contributed by atoms with E-state index in [0.29, 0.717) is 60.0 Å². The Bertz CT molecular complexity index is 1660. The summed E-state index contributed by atoms with van der Waals surface area (Å²) in [4.78, 5) is 35.0. The molecule has 3 heterocycles. The fourth-order valence-electron chi connectivity index (χ4n) is 4.88. The first-order chi connectivity index (χ1) is 18.2. The molecule has 11 heteroatoms. The molecule has 0 radical (unpaired) electrons. The van der Waals surface area contributed by atoms with Gasteiger partial charge in [-0.05, 0) is 49.3 Å². The van der Waals surface area contributed by atoms with Gasteiger partial charge in [0.15, 0.2) is 16.3 Å². The summed E-state index contributed by atoms with van der Waals surface area (Å²) in [5, 5.41) is 4.67. The summed E-state index contributed by atoms with van der Waals surface area (Å²) in [5.41, 5.74) is 4.15. The zero-order valence-corrected chi connectivity index (χ0v) is 23.4. The van der Waals surface area contributed by atoms with Crippen molar-refractivity contribution >= 4 is 51.7 Å². The van der Waals surface area contributed by atoms with Crippen molar-refractivity contribution in [3.05, 3.63) is 85.0 Å². The number of imidazole rings is 1. The van der Waals surface area contributed by atoms with E-state index in [2.05, 4.69) is 47.2 Å². The van der Waals surface area contributed by atoms with Crippen LogP contribution >= 0.6 is 23.8 Å². The summed E-state index contributed by atoms with van der Waals surface area (Å²) in [5.74, 6) is 0.631. The van der Waals surface area contributed by atoms with Gasteiger partial charge in [0.1, 0.15) is 0 Å². The molecule has 2 aromatic heterocycles. The van der Waals surface area contributed by atoms with Crippen LogP contribution in [0, 0.1) is 13.8 Å². The third-order valence-electron chi connectivity index (χ3n) is 7.09. The Hall–Kier alpha value is -3.63. The lowest BCUT2D eigenvalue weighted by molar-refractivity contribution is 0.386. The smallest absolute Gasteiger partial charge is 0.332 e. The van der Waals surface area contributed by atoms with Crippen LogP contribution < -0.4 is 21.5 Å². The Kier molecular flexibility index (Phi) is 7.02. The minimum Gasteiger partial charge on any atom is -0.345 e. The van der Waals surface area contributed by atoms with E-state index >= 15 is 0 Å². The van der Waals surface area contributed by atoms with Gasteiger partial charge >= 0.3 is 5.69 Å². The molecule has 1 aliphatic heterocycles. The van der Waals surface area contributed by atoms with Crippen LogP contribution in [-0.2, 0) is 20.6 Å². The highest BCUT2D eigenvalue weighted by atomic mass is 35.5. The Labute approximate surface area is 230 Å². The molecule has 198 valence electrons. The number of aryl methyl sites for hydroxylation is 3. The Morgan fingerprint density at radius 2 is 1.74 bits per heavy atom. The van der Waals surface area contributed by atoms with Gasteiger partial charge < -0.3 is 15.1 Å². The average Bonchev–Trinajstić information content (AvgIpc) is 3.28. The number of rotatable bonds is 4. The van der Waals surface area contributed by atoms with Crippen LogP contribution in [-0.4, -0.2) is 54.9 Å². The summed E-state index contributed by atoms with van der Waals surface area (Å²) in [6.45, 7) is 7.15. The lowest BCUT2D eigenvalue weighted by atomic mass is 10.1. The third-order valence-corrected chi connectivity index (χ3v) is 7.82. The number of benzene rings is 2. The number of thiocarbonyl (C=S) groups is 1. The van der Waals surface area contributed by atoms with Gasteiger partial charge in [-0.2, -0.15) is 4.98 Å². The van der Waals surface area contributed by atoms with Gasteiger partial charge in [-0.15, -0.1) is 0 Å². The van der Waals surface area contributed by atoms with Gasteiger partial charge in [-0.3, -0.25) is 18.5 Å². The van der Waals surface area contributed by atoms with Crippen LogP contribution in [0.15, 0.2) is 52.1 Å². The number of hydrogen-bond donors (Lipinski definition) is 1. The zero-order valence-electron chi connectivity index (χ0n) is 21.9. The Morgan fingerprint density at radius 3 is 2.42 bits per heavy atom. The van der Waals surface area contributed by atoms with Crippen LogP contribution in [0.4, 0.5) is 11.6 Å². The van der Waals surface area contributed by atoms with Crippen molar-refractivity contribution in [3.63, 3.8) is 0 Å². The summed E-state index contributed by atoms with van der Waals surface area (Å²) in [6.07, 6.45) is 0. The van der Waals surface area contributed by atoms with Crippen molar-refractivity contribution in [3.8, 4) is 0 Å². The molecule has 0 unspecified atom stereocenters. The van der Waals surface area contributed by atoms with Gasteiger partial charge in [0, 0.05) is 51.0 Å². The number of piperazine rings is 1. The van der Waals surface area contributed by atoms with E-state index in [1.54, 1.807) is 7.05 Å². The number of nitrogens with one attached hydrogen (secondary N) is 1. The fourth-order valence-corrected chi connectivity index (χ4v) is 5.37. The molecule has 0 spiro atoms. The predicted molar refractivity (Wildman–Crippen MR) is 157 cm³/mol. The monoisotopic (exact) mass is 551 g/mol. The van der Waals surface area contributed by atoms with E-state index in [0.717, 1.165) is 21.4 Å². The van der Waals surface area contributed by atoms with Crippen LogP contribution in [0.2, 0.25) is 5.02 Å².